The van der Waals surface area contributed by atoms with Crippen molar-refractivity contribution in [2.75, 3.05) is 49.1 Å². The number of pyridine rings is 1. The summed E-state index contributed by atoms with van der Waals surface area (Å²) in [5, 5.41) is 1.87. The monoisotopic (exact) mass is 401 g/mol. The average molecular weight is 401 g/mol. The summed E-state index contributed by atoms with van der Waals surface area (Å²) < 4.78 is 20.0. The van der Waals surface area contributed by atoms with E-state index >= 15 is 0 Å². The summed E-state index contributed by atoms with van der Waals surface area (Å²) in [7, 11) is 0. The van der Waals surface area contributed by atoms with E-state index in [-0.39, 0.29) is 18.5 Å². The predicted molar refractivity (Wildman–Crippen MR) is 106 cm³/mol. The highest BCUT2D eigenvalue weighted by molar-refractivity contribution is 5.90. The Morgan fingerprint density at radius 1 is 1.24 bits per heavy atom. The van der Waals surface area contributed by atoms with Crippen molar-refractivity contribution in [1.29, 1.82) is 0 Å². The molecule has 2 fully saturated rings. The Hall–Kier alpha value is -2.75. The van der Waals surface area contributed by atoms with Gasteiger partial charge in [-0.1, -0.05) is 6.07 Å². The minimum absolute atomic E-state index is 0.242. The lowest BCUT2D eigenvalue weighted by Gasteiger charge is -2.24. The summed E-state index contributed by atoms with van der Waals surface area (Å²) in [6, 6.07) is 8.69. The molecule has 0 aliphatic carbocycles. The molecular weight excluding hydrogens is 377 g/mol. The predicted octanol–water partition coefficient (Wildman–Crippen LogP) is 1.76. The molecule has 2 aromatic rings. The van der Waals surface area contributed by atoms with Crippen LogP contribution in [0.5, 0.6) is 0 Å². The largest absolute Gasteiger partial charge is 0.443 e. The van der Waals surface area contributed by atoms with E-state index in [4.69, 9.17) is 15.3 Å². The minimum atomic E-state index is -0.498. The SMILES string of the molecule is NC[C@H]1CN(c2ccc(N3CCON(Cc4cccnc4)CC3)c(F)c2)C(=O)O1. The van der Waals surface area contributed by atoms with Gasteiger partial charge in [0.1, 0.15) is 11.9 Å². The van der Waals surface area contributed by atoms with Crippen LogP contribution in [0.15, 0.2) is 42.7 Å². The third-order valence-corrected chi connectivity index (χ3v) is 5.06. The molecule has 1 atom stereocenters. The second-order valence-corrected chi connectivity index (χ2v) is 7.03. The lowest BCUT2D eigenvalue weighted by molar-refractivity contribution is -0.154. The lowest BCUT2D eigenvalue weighted by atomic mass is 10.2. The standard InChI is InChI=1S/C20H24FN5O3/c21-18-10-16(26-14-17(11-22)29-20(26)27)3-4-19(18)24-6-7-25(28-9-8-24)13-15-2-1-5-23-12-15/h1-5,10,12,17H,6-9,11,13-14,22H2/t17-/m0/s1. The first-order chi connectivity index (χ1) is 14.1. The number of nitrogens with zero attached hydrogens (tertiary/aromatic N) is 4. The first kappa shape index (κ1) is 19.6. The second-order valence-electron chi connectivity index (χ2n) is 7.03. The average Bonchev–Trinajstić information content (AvgIpc) is 2.96. The molecule has 2 N–H and O–H groups in total. The zero-order chi connectivity index (χ0) is 20.2. The van der Waals surface area contributed by atoms with Crippen LogP contribution < -0.4 is 15.5 Å². The quantitative estimate of drug-likeness (QED) is 0.817. The molecule has 9 heteroatoms. The van der Waals surface area contributed by atoms with Gasteiger partial charge in [-0.3, -0.25) is 14.7 Å². The van der Waals surface area contributed by atoms with Gasteiger partial charge in [0.2, 0.25) is 0 Å². The van der Waals surface area contributed by atoms with Crippen LogP contribution in [0.3, 0.4) is 0 Å². The Morgan fingerprint density at radius 3 is 2.86 bits per heavy atom. The van der Waals surface area contributed by atoms with Crippen LogP contribution in [-0.4, -0.2) is 61.6 Å². The van der Waals surface area contributed by atoms with Crippen LogP contribution in [0, 0.1) is 5.82 Å². The van der Waals surface area contributed by atoms with Crippen LogP contribution in [0.2, 0.25) is 0 Å². The van der Waals surface area contributed by atoms with Crippen molar-refractivity contribution in [3.05, 3.63) is 54.1 Å². The fraction of sp³-hybridized carbons (Fsp3) is 0.400. The number of carbonyl (C=O) groups excluding carboxylic acids is 1. The molecule has 0 spiro atoms. The molecular formula is C20H24FN5O3. The zero-order valence-electron chi connectivity index (χ0n) is 16.0. The van der Waals surface area contributed by atoms with Crippen LogP contribution in [0.4, 0.5) is 20.6 Å². The van der Waals surface area contributed by atoms with Crippen molar-refractivity contribution < 1.29 is 18.8 Å². The number of nitrogens with two attached hydrogens (primary N) is 1. The normalized spacial score (nSPS) is 20.6. The van der Waals surface area contributed by atoms with E-state index < -0.39 is 6.09 Å². The number of anilines is 2. The number of aromatic nitrogens is 1. The highest BCUT2D eigenvalue weighted by atomic mass is 19.1. The van der Waals surface area contributed by atoms with Crippen molar-refractivity contribution in [2.45, 2.75) is 12.6 Å². The molecule has 1 aromatic carbocycles. The second kappa shape index (κ2) is 8.73. The minimum Gasteiger partial charge on any atom is -0.443 e. The third kappa shape index (κ3) is 4.47. The lowest BCUT2D eigenvalue weighted by Crippen LogP contribution is -2.31. The molecule has 0 unspecified atom stereocenters. The Labute approximate surface area is 168 Å². The summed E-state index contributed by atoms with van der Waals surface area (Å²) in [5.41, 5.74) is 7.58. The van der Waals surface area contributed by atoms with Gasteiger partial charge in [0.25, 0.3) is 0 Å². The summed E-state index contributed by atoms with van der Waals surface area (Å²) in [6.07, 6.45) is 2.68. The summed E-state index contributed by atoms with van der Waals surface area (Å²) >= 11 is 0. The van der Waals surface area contributed by atoms with E-state index in [1.807, 2.05) is 28.3 Å². The Morgan fingerprint density at radius 2 is 2.14 bits per heavy atom. The van der Waals surface area contributed by atoms with Crippen molar-refractivity contribution in [1.82, 2.24) is 10.0 Å². The number of hydrogen-bond donors (Lipinski definition) is 1. The highest BCUT2D eigenvalue weighted by Gasteiger charge is 2.32. The molecule has 0 saturated carbocycles. The topological polar surface area (TPSA) is 84.2 Å². The Balaban J connectivity index is 1.41. The molecule has 8 nitrogen and oxygen atoms in total. The van der Waals surface area contributed by atoms with E-state index in [0.29, 0.717) is 50.7 Å². The van der Waals surface area contributed by atoms with Gasteiger partial charge >= 0.3 is 6.09 Å². The number of rotatable bonds is 5. The number of ether oxygens (including phenoxy) is 1. The molecule has 2 aliphatic heterocycles. The van der Waals surface area contributed by atoms with Crippen LogP contribution in [-0.2, 0) is 16.1 Å². The molecule has 2 aliphatic rings. The van der Waals surface area contributed by atoms with Crippen LogP contribution in [0.25, 0.3) is 0 Å². The van der Waals surface area contributed by atoms with Crippen molar-refractivity contribution in [3.63, 3.8) is 0 Å². The Kier molecular flexibility index (Phi) is 5.89. The molecule has 29 heavy (non-hydrogen) atoms. The van der Waals surface area contributed by atoms with Gasteiger partial charge in [-0.2, -0.15) is 5.06 Å². The number of amides is 1. The van der Waals surface area contributed by atoms with Gasteiger partial charge in [0, 0.05) is 38.6 Å². The van der Waals surface area contributed by atoms with Crippen molar-refractivity contribution in [2.24, 2.45) is 5.73 Å². The van der Waals surface area contributed by atoms with Gasteiger partial charge in [0.05, 0.1) is 31.1 Å². The number of carbonyl (C=O) groups is 1. The highest BCUT2D eigenvalue weighted by Crippen LogP contribution is 2.28. The molecule has 154 valence electrons. The summed E-state index contributed by atoms with van der Waals surface area (Å²) in [5.74, 6) is -0.382. The fourth-order valence-electron chi connectivity index (χ4n) is 3.52. The van der Waals surface area contributed by atoms with E-state index in [0.717, 1.165) is 5.56 Å². The van der Waals surface area contributed by atoms with Gasteiger partial charge in [-0.05, 0) is 29.8 Å². The van der Waals surface area contributed by atoms with Gasteiger partial charge in [-0.15, -0.1) is 0 Å². The maximum absolute atomic E-state index is 14.9. The molecule has 1 aromatic heterocycles. The van der Waals surface area contributed by atoms with Crippen molar-refractivity contribution in [3.8, 4) is 0 Å². The zero-order valence-corrected chi connectivity index (χ0v) is 16.0. The van der Waals surface area contributed by atoms with E-state index in [1.165, 1.54) is 11.0 Å². The summed E-state index contributed by atoms with van der Waals surface area (Å²) in [4.78, 5) is 25.2. The number of benzene rings is 1. The van der Waals surface area contributed by atoms with Gasteiger partial charge in [0.15, 0.2) is 0 Å². The van der Waals surface area contributed by atoms with E-state index in [1.54, 1.807) is 18.3 Å². The maximum atomic E-state index is 14.9. The van der Waals surface area contributed by atoms with E-state index in [2.05, 4.69) is 4.98 Å². The summed E-state index contributed by atoms with van der Waals surface area (Å²) in [6.45, 7) is 3.48. The molecule has 0 bridgehead atoms. The maximum Gasteiger partial charge on any atom is 0.414 e. The van der Waals surface area contributed by atoms with E-state index in [9.17, 15) is 9.18 Å². The van der Waals surface area contributed by atoms with Crippen LogP contribution >= 0.6 is 0 Å². The number of hydrogen-bond acceptors (Lipinski definition) is 7. The Bertz CT molecular complexity index is 853. The fourth-order valence-corrected chi connectivity index (χ4v) is 3.52. The van der Waals surface area contributed by atoms with Crippen molar-refractivity contribution >= 4 is 17.5 Å². The molecule has 0 radical (unpaired) electrons. The molecule has 3 heterocycles. The van der Waals surface area contributed by atoms with Crippen LogP contribution in [0.1, 0.15) is 5.56 Å². The first-order valence-electron chi connectivity index (χ1n) is 9.63. The van der Waals surface area contributed by atoms with Gasteiger partial charge < -0.3 is 15.4 Å². The molecule has 4 rings (SSSR count). The smallest absolute Gasteiger partial charge is 0.414 e. The van der Waals surface area contributed by atoms with Gasteiger partial charge in [-0.25, -0.2) is 9.18 Å². The molecule has 2 saturated heterocycles. The third-order valence-electron chi connectivity index (χ3n) is 5.06. The number of halogens is 1. The number of hydroxylamine groups is 2. The number of cyclic esters (lactones) is 1. The first-order valence-corrected chi connectivity index (χ1v) is 9.63. The molecule has 1 amide bonds.